The number of hydrogen-bond acceptors (Lipinski definition) is 4. The Morgan fingerprint density at radius 3 is 2.31 bits per heavy atom. The van der Waals surface area contributed by atoms with Gasteiger partial charge in [-0.1, -0.05) is 30.3 Å². The minimum absolute atomic E-state index is 0.0768. The first-order chi connectivity index (χ1) is 14.2. The number of benzene rings is 1. The van der Waals surface area contributed by atoms with Crippen molar-refractivity contribution in [2.45, 2.75) is 19.3 Å². The number of pyridine rings is 1. The fourth-order valence-electron chi connectivity index (χ4n) is 4.23. The molecule has 6 nitrogen and oxygen atoms in total. The van der Waals surface area contributed by atoms with Gasteiger partial charge in [0, 0.05) is 45.5 Å². The van der Waals surface area contributed by atoms with Crippen LogP contribution in [0, 0.1) is 5.92 Å². The first-order valence-electron chi connectivity index (χ1n) is 10.5. The third-order valence-electron chi connectivity index (χ3n) is 6.05. The Balaban J connectivity index is 1.29. The molecular weight excluding hydrogens is 364 g/mol. The van der Waals surface area contributed by atoms with Crippen molar-refractivity contribution in [3.05, 3.63) is 59.8 Å². The van der Waals surface area contributed by atoms with E-state index in [1.165, 1.54) is 5.56 Å². The van der Waals surface area contributed by atoms with Crippen LogP contribution in [0.5, 0.6) is 0 Å². The molecule has 0 saturated carbocycles. The van der Waals surface area contributed by atoms with Gasteiger partial charge in [-0.15, -0.1) is 0 Å². The predicted octanol–water partition coefficient (Wildman–Crippen LogP) is 2.45. The highest BCUT2D eigenvalue weighted by atomic mass is 16.2. The molecule has 1 aromatic carbocycles. The number of aromatic nitrogens is 1. The molecule has 6 heteroatoms. The van der Waals surface area contributed by atoms with Gasteiger partial charge in [0.2, 0.25) is 6.41 Å². The molecule has 2 amide bonds. The summed E-state index contributed by atoms with van der Waals surface area (Å²) < 4.78 is 0. The lowest BCUT2D eigenvalue weighted by Crippen LogP contribution is -2.46. The van der Waals surface area contributed by atoms with Crippen molar-refractivity contribution in [1.82, 2.24) is 14.8 Å². The Bertz CT molecular complexity index is 809. The van der Waals surface area contributed by atoms with Gasteiger partial charge in [-0.3, -0.25) is 9.59 Å². The summed E-state index contributed by atoms with van der Waals surface area (Å²) in [6.45, 7) is 4.59. The third kappa shape index (κ3) is 4.75. The van der Waals surface area contributed by atoms with E-state index in [4.69, 9.17) is 0 Å². The number of anilines is 1. The second-order valence-electron chi connectivity index (χ2n) is 7.96. The SMILES string of the molecule is O=CN1CCN(c2ccc(C(=O)N3CCC(Cc4ccccc4)CC3)cn2)CC1. The van der Waals surface area contributed by atoms with Gasteiger partial charge in [0.25, 0.3) is 5.91 Å². The van der Waals surface area contributed by atoms with Crippen molar-refractivity contribution in [2.75, 3.05) is 44.2 Å². The van der Waals surface area contributed by atoms with Crippen LogP contribution in [-0.2, 0) is 11.2 Å². The number of piperidine rings is 1. The van der Waals surface area contributed by atoms with Crippen LogP contribution in [0.25, 0.3) is 0 Å². The van der Waals surface area contributed by atoms with E-state index in [0.29, 0.717) is 24.6 Å². The molecule has 0 N–H and O–H groups in total. The van der Waals surface area contributed by atoms with Crippen LogP contribution in [0.1, 0.15) is 28.8 Å². The van der Waals surface area contributed by atoms with E-state index in [-0.39, 0.29) is 5.91 Å². The molecular formula is C23H28N4O2. The standard InChI is InChI=1S/C23H28N4O2/c28-18-25-12-14-26(15-13-25)22-7-6-21(17-24-22)23(29)27-10-8-20(9-11-27)16-19-4-2-1-3-5-19/h1-7,17-18,20H,8-16H2. The van der Waals surface area contributed by atoms with Crippen LogP contribution in [0.15, 0.2) is 48.7 Å². The number of nitrogens with zero attached hydrogens (tertiary/aromatic N) is 4. The zero-order chi connectivity index (χ0) is 20.1. The summed E-state index contributed by atoms with van der Waals surface area (Å²) in [6.07, 6.45) is 5.78. The van der Waals surface area contributed by atoms with Gasteiger partial charge < -0.3 is 14.7 Å². The second kappa shape index (κ2) is 9.07. The van der Waals surface area contributed by atoms with Gasteiger partial charge in [0.15, 0.2) is 0 Å². The summed E-state index contributed by atoms with van der Waals surface area (Å²) in [4.78, 5) is 34.1. The highest BCUT2D eigenvalue weighted by molar-refractivity contribution is 5.94. The van der Waals surface area contributed by atoms with Gasteiger partial charge in [0.05, 0.1) is 5.56 Å². The lowest BCUT2D eigenvalue weighted by atomic mass is 9.90. The average molecular weight is 393 g/mol. The number of carbonyl (C=O) groups is 2. The number of carbonyl (C=O) groups excluding carboxylic acids is 2. The molecule has 2 fully saturated rings. The summed E-state index contributed by atoms with van der Waals surface area (Å²) in [5.74, 6) is 1.59. The van der Waals surface area contributed by atoms with Gasteiger partial charge in [-0.05, 0) is 42.9 Å². The van der Waals surface area contributed by atoms with E-state index in [9.17, 15) is 9.59 Å². The van der Waals surface area contributed by atoms with Crippen molar-refractivity contribution in [3.8, 4) is 0 Å². The minimum Gasteiger partial charge on any atom is -0.353 e. The van der Waals surface area contributed by atoms with Gasteiger partial charge in [0.1, 0.15) is 5.82 Å². The Hall–Kier alpha value is -2.89. The summed E-state index contributed by atoms with van der Waals surface area (Å²) in [7, 11) is 0. The fourth-order valence-corrected chi connectivity index (χ4v) is 4.23. The Morgan fingerprint density at radius 1 is 0.966 bits per heavy atom. The normalized spacial score (nSPS) is 18.0. The van der Waals surface area contributed by atoms with E-state index in [2.05, 4.69) is 40.2 Å². The first kappa shape index (κ1) is 19.4. The molecule has 0 aliphatic carbocycles. The van der Waals surface area contributed by atoms with Crippen molar-refractivity contribution in [3.63, 3.8) is 0 Å². The topological polar surface area (TPSA) is 56.8 Å². The molecule has 2 saturated heterocycles. The number of likely N-dealkylation sites (tertiary alicyclic amines) is 1. The van der Waals surface area contributed by atoms with Gasteiger partial charge in [-0.2, -0.15) is 0 Å². The van der Waals surface area contributed by atoms with Crippen LogP contribution >= 0.6 is 0 Å². The zero-order valence-corrected chi connectivity index (χ0v) is 16.7. The van der Waals surface area contributed by atoms with Gasteiger partial charge in [-0.25, -0.2) is 4.98 Å². The molecule has 0 unspecified atom stereocenters. The Kier molecular flexibility index (Phi) is 6.08. The van der Waals surface area contributed by atoms with Crippen LogP contribution in [-0.4, -0.2) is 66.4 Å². The van der Waals surface area contributed by atoms with Crippen molar-refractivity contribution in [1.29, 1.82) is 0 Å². The first-order valence-corrected chi connectivity index (χ1v) is 10.5. The maximum atomic E-state index is 12.9. The molecule has 0 bridgehead atoms. The van der Waals surface area contributed by atoms with E-state index >= 15 is 0 Å². The Morgan fingerprint density at radius 2 is 1.69 bits per heavy atom. The smallest absolute Gasteiger partial charge is 0.255 e. The van der Waals surface area contributed by atoms with Crippen molar-refractivity contribution in [2.24, 2.45) is 5.92 Å². The predicted molar refractivity (Wildman–Crippen MR) is 113 cm³/mol. The zero-order valence-electron chi connectivity index (χ0n) is 16.7. The van der Waals surface area contributed by atoms with Crippen molar-refractivity contribution >= 4 is 18.1 Å². The quantitative estimate of drug-likeness (QED) is 0.734. The molecule has 1 aromatic heterocycles. The highest BCUT2D eigenvalue weighted by Crippen LogP contribution is 2.23. The third-order valence-corrected chi connectivity index (χ3v) is 6.05. The number of rotatable bonds is 5. The van der Waals surface area contributed by atoms with Crippen LogP contribution in [0.3, 0.4) is 0 Å². The van der Waals surface area contributed by atoms with Gasteiger partial charge >= 0.3 is 0 Å². The maximum Gasteiger partial charge on any atom is 0.255 e. The maximum absolute atomic E-state index is 12.9. The number of hydrogen-bond donors (Lipinski definition) is 0. The molecule has 2 aliphatic heterocycles. The summed E-state index contributed by atoms with van der Waals surface area (Å²) in [5.41, 5.74) is 2.04. The van der Waals surface area contributed by atoms with Crippen LogP contribution in [0.4, 0.5) is 5.82 Å². The van der Waals surface area contributed by atoms with E-state index in [0.717, 1.165) is 57.7 Å². The van der Waals surface area contributed by atoms with Crippen LogP contribution < -0.4 is 4.90 Å². The largest absolute Gasteiger partial charge is 0.353 e. The monoisotopic (exact) mass is 392 g/mol. The van der Waals surface area contributed by atoms with Crippen molar-refractivity contribution < 1.29 is 9.59 Å². The Labute approximate surface area is 172 Å². The molecule has 3 heterocycles. The van der Waals surface area contributed by atoms with Crippen LogP contribution in [0.2, 0.25) is 0 Å². The molecule has 2 aromatic rings. The number of piperazine rings is 1. The average Bonchev–Trinajstić information content (AvgIpc) is 2.80. The molecule has 2 aliphatic rings. The lowest BCUT2D eigenvalue weighted by Gasteiger charge is -2.33. The van der Waals surface area contributed by atoms with E-state index in [1.54, 1.807) is 11.1 Å². The molecule has 152 valence electrons. The summed E-state index contributed by atoms with van der Waals surface area (Å²) in [5, 5.41) is 0. The highest BCUT2D eigenvalue weighted by Gasteiger charge is 2.24. The van der Waals surface area contributed by atoms with E-state index < -0.39 is 0 Å². The lowest BCUT2D eigenvalue weighted by molar-refractivity contribution is -0.118. The summed E-state index contributed by atoms with van der Waals surface area (Å²) in [6, 6.07) is 14.4. The molecule has 0 atom stereocenters. The molecule has 29 heavy (non-hydrogen) atoms. The second-order valence-corrected chi connectivity index (χ2v) is 7.96. The van der Waals surface area contributed by atoms with E-state index in [1.807, 2.05) is 17.0 Å². The minimum atomic E-state index is 0.0768. The molecule has 4 rings (SSSR count). The summed E-state index contributed by atoms with van der Waals surface area (Å²) >= 11 is 0. The molecule has 0 spiro atoms. The fraction of sp³-hybridized carbons (Fsp3) is 0.435. The number of amides is 2. The molecule has 0 radical (unpaired) electrons.